The molecule has 0 bridgehead atoms. The van der Waals surface area contributed by atoms with E-state index >= 15 is 0 Å². The maximum atomic E-state index is 13.1. The molecule has 2 atom stereocenters. The number of anilines is 1. The predicted molar refractivity (Wildman–Crippen MR) is 94.8 cm³/mol. The van der Waals surface area contributed by atoms with E-state index in [1.54, 1.807) is 0 Å². The van der Waals surface area contributed by atoms with E-state index in [9.17, 15) is 22.8 Å². The summed E-state index contributed by atoms with van der Waals surface area (Å²) in [4.78, 5) is 25.2. The number of nitrogens with zero attached hydrogens (tertiary/aromatic N) is 1. The minimum Gasteiger partial charge on any atom is -0.368 e. The van der Waals surface area contributed by atoms with E-state index in [-0.39, 0.29) is 22.6 Å². The van der Waals surface area contributed by atoms with E-state index < -0.39 is 22.9 Å². The number of piperazine rings is 1. The Hall–Kier alpha value is -2.00. The molecule has 0 aromatic heterocycles. The number of imide groups is 1. The second kappa shape index (κ2) is 6.96. The van der Waals surface area contributed by atoms with Crippen molar-refractivity contribution < 1.29 is 22.8 Å². The summed E-state index contributed by atoms with van der Waals surface area (Å²) in [5.74, 6) is -0.592. The number of carbonyl (C=O) groups is 2. The summed E-state index contributed by atoms with van der Waals surface area (Å²) < 4.78 is 39.4. The Morgan fingerprint density at radius 2 is 1.85 bits per heavy atom. The van der Waals surface area contributed by atoms with Gasteiger partial charge >= 0.3 is 6.18 Å². The second-order valence-corrected chi connectivity index (χ2v) is 7.51. The van der Waals surface area contributed by atoms with Crippen LogP contribution < -0.4 is 15.5 Å². The van der Waals surface area contributed by atoms with Crippen LogP contribution in [0.1, 0.15) is 25.0 Å². The SMILES string of the molecule is C[C@@H]1CN(c2ccc(C(F)(F)F)cc2/C=C2\SC(=O)NC2=O)C[C@H](C)N1. The standard InChI is InChI=1S/C17H18F3N3O2S/c1-9-7-23(8-10(2)21-9)13-4-3-12(17(18,19)20)5-11(13)6-14-15(24)22-16(25)26-14/h3-6,9-10,21H,7-8H2,1-2H3,(H,22,24,25)/b14-6-/t9-,10+. The normalized spacial score (nSPS) is 25.7. The van der Waals surface area contributed by atoms with E-state index in [4.69, 9.17) is 0 Å². The zero-order chi connectivity index (χ0) is 19.1. The number of benzene rings is 1. The van der Waals surface area contributed by atoms with Gasteiger partial charge in [0.2, 0.25) is 0 Å². The molecule has 0 unspecified atom stereocenters. The fraction of sp³-hybridized carbons (Fsp3) is 0.412. The number of amides is 2. The van der Waals surface area contributed by atoms with Crippen LogP contribution >= 0.6 is 11.8 Å². The Kier molecular flexibility index (Phi) is 5.03. The average molecular weight is 385 g/mol. The molecular formula is C17H18F3N3O2S. The highest BCUT2D eigenvalue weighted by Crippen LogP contribution is 2.36. The van der Waals surface area contributed by atoms with Gasteiger partial charge in [0.1, 0.15) is 0 Å². The molecule has 0 spiro atoms. The minimum absolute atomic E-state index is 0.0896. The van der Waals surface area contributed by atoms with Crippen LogP contribution in [0.3, 0.4) is 0 Å². The average Bonchev–Trinajstić information content (AvgIpc) is 2.83. The first-order chi connectivity index (χ1) is 12.1. The zero-order valence-corrected chi connectivity index (χ0v) is 15.0. The van der Waals surface area contributed by atoms with Crippen molar-refractivity contribution >= 4 is 34.7 Å². The maximum Gasteiger partial charge on any atom is 0.416 e. The van der Waals surface area contributed by atoms with Crippen molar-refractivity contribution in [3.8, 4) is 0 Å². The molecule has 140 valence electrons. The summed E-state index contributed by atoms with van der Waals surface area (Å²) in [6, 6.07) is 3.84. The lowest BCUT2D eigenvalue weighted by atomic mass is 10.0. The first kappa shape index (κ1) is 18.8. The largest absolute Gasteiger partial charge is 0.416 e. The molecule has 26 heavy (non-hydrogen) atoms. The molecule has 2 N–H and O–H groups in total. The van der Waals surface area contributed by atoms with Gasteiger partial charge in [-0.2, -0.15) is 13.2 Å². The second-order valence-electron chi connectivity index (χ2n) is 6.50. The van der Waals surface area contributed by atoms with Gasteiger partial charge in [-0.3, -0.25) is 14.9 Å². The molecule has 9 heteroatoms. The van der Waals surface area contributed by atoms with E-state index in [0.29, 0.717) is 30.5 Å². The van der Waals surface area contributed by atoms with Gasteiger partial charge < -0.3 is 10.2 Å². The lowest BCUT2D eigenvalue weighted by molar-refractivity contribution is -0.137. The number of carbonyl (C=O) groups excluding carboxylic acids is 2. The molecule has 2 fully saturated rings. The number of thioether (sulfide) groups is 1. The molecular weight excluding hydrogens is 367 g/mol. The Labute approximate surface area is 153 Å². The fourth-order valence-electron chi connectivity index (χ4n) is 3.22. The lowest BCUT2D eigenvalue weighted by Crippen LogP contribution is -2.54. The summed E-state index contributed by atoms with van der Waals surface area (Å²) in [6.07, 6.45) is -3.14. The van der Waals surface area contributed by atoms with Crippen LogP contribution in [-0.2, 0) is 11.0 Å². The molecule has 3 rings (SSSR count). The van der Waals surface area contributed by atoms with E-state index in [2.05, 4.69) is 10.6 Å². The minimum atomic E-state index is -4.49. The molecule has 2 aliphatic rings. The summed E-state index contributed by atoms with van der Waals surface area (Å²) >= 11 is 0.688. The molecule has 2 aliphatic heterocycles. The van der Waals surface area contributed by atoms with Gasteiger partial charge in [0.15, 0.2) is 0 Å². The quantitative estimate of drug-likeness (QED) is 0.766. The van der Waals surface area contributed by atoms with Gasteiger partial charge in [-0.05, 0) is 55.4 Å². The third-order valence-electron chi connectivity index (χ3n) is 4.18. The van der Waals surface area contributed by atoms with Crippen LogP contribution in [0.5, 0.6) is 0 Å². The van der Waals surface area contributed by atoms with Gasteiger partial charge in [-0.15, -0.1) is 0 Å². The van der Waals surface area contributed by atoms with Gasteiger partial charge in [0.25, 0.3) is 11.1 Å². The number of hydrogen-bond acceptors (Lipinski definition) is 5. The van der Waals surface area contributed by atoms with Crippen LogP contribution in [0, 0.1) is 0 Å². The van der Waals surface area contributed by atoms with Gasteiger partial charge in [0.05, 0.1) is 10.5 Å². The lowest BCUT2D eigenvalue weighted by Gasteiger charge is -2.38. The molecule has 1 aromatic carbocycles. The van der Waals surface area contributed by atoms with Crippen LogP contribution in [-0.4, -0.2) is 36.3 Å². The van der Waals surface area contributed by atoms with Crippen molar-refractivity contribution in [3.63, 3.8) is 0 Å². The van der Waals surface area contributed by atoms with Crippen LogP contribution in [0.15, 0.2) is 23.1 Å². The highest BCUT2D eigenvalue weighted by molar-refractivity contribution is 8.18. The van der Waals surface area contributed by atoms with Gasteiger partial charge in [-0.25, -0.2) is 0 Å². The Balaban J connectivity index is 2.05. The molecule has 2 heterocycles. The third kappa shape index (κ3) is 4.04. The fourth-order valence-corrected chi connectivity index (χ4v) is 3.89. The summed E-state index contributed by atoms with van der Waals surface area (Å²) in [6.45, 7) is 5.27. The van der Waals surface area contributed by atoms with Crippen molar-refractivity contribution in [2.45, 2.75) is 32.1 Å². The first-order valence-electron chi connectivity index (χ1n) is 8.10. The summed E-state index contributed by atoms with van der Waals surface area (Å²) in [5.41, 5.74) is 0.0889. The van der Waals surface area contributed by atoms with E-state index in [1.807, 2.05) is 18.7 Å². The number of halogens is 3. The van der Waals surface area contributed by atoms with Crippen molar-refractivity contribution in [2.75, 3.05) is 18.0 Å². The summed E-state index contributed by atoms with van der Waals surface area (Å²) in [5, 5.41) is 4.96. The van der Waals surface area contributed by atoms with Crippen molar-refractivity contribution in [1.82, 2.24) is 10.6 Å². The third-order valence-corrected chi connectivity index (χ3v) is 4.99. The molecule has 0 radical (unpaired) electrons. The van der Waals surface area contributed by atoms with Crippen LogP contribution in [0.4, 0.5) is 23.7 Å². The Bertz CT molecular complexity index is 769. The monoisotopic (exact) mass is 385 g/mol. The molecule has 0 saturated carbocycles. The molecule has 2 saturated heterocycles. The molecule has 1 aromatic rings. The van der Waals surface area contributed by atoms with Crippen molar-refractivity contribution in [1.29, 1.82) is 0 Å². The maximum absolute atomic E-state index is 13.1. The highest BCUT2D eigenvalue weighted by Gasteiger charge is 2.32. The highest BCUT2D eigenvalue weighted by atomic mass is 32.2. The van der Waals surface area contributed by atoms with E-state index in [0.717, 1.165) is 12.1 Å². The smallest absolute Gasteiger partial charge is 0.368 e. The van der Waals surface area contributed by atoms with Crippen molar-refractivity contribution in [3.05, 3.63) is 34.2 Å². The number of alkyl halides is 3. The van der Waals surface area contributed by atoms with Crippen LogP contribution in [0.25, 0.3) is 6.08 Å². The number of nitrogens with one attached hydrogen (secondary N) is 2. The predicted octanol–water partition coefficient (Wildman–Crippen LogP) is 3.22. The Morgan fingerprint density at radius 1 is 1.19 bits per heavy atom. The summed E-state index contributed by atoms with van der Waals surface area (Å²) in [7, 11) is 0. The first-order valence-corrected chi connectivity index (χ1v) is 8.92. The molecule has 2 amide bonds. The number of rotatable bonds is 2. The van der Waals surface area contributed by atoms with Gasteiger partial charge in [-0.1, -0.05) is 0 Å². The molecule has 5 nitrogen and oxygen atoms in total. The van der Waals surface area contributed by atoms with Crippen molar-refractivity contribution in [2.24, 2.45) is 0 Å². The molecule has 0 aliphatic carbocycles. The zero-order valence-electron chi connectivity index (χ0n) is 14.2. The van der Waals surface area contributed by atoms with E-state index in [1.165, 1.54) is 12.1 Å². The number of hydrogen-bond donors (Lipinski definition) is 2. The van der Waals surface area contributed by atoms with Crippen LogP contribution in [0.2, 0.25) is 0 Å². The Morgan fingerprint density at radius 3 is 2.38 bits per heavy atom. The topological polar surface area (TPSA) is 61.4 Å². The van der Waals surface area contributed by atoms with Gasteiger partial charge in [0, 0.05) is 30.9 Å².